The Balaban J connectivity index is 1.92. The van der Waals surface area contributed by atoms with Crippen LogP contribution in [0.5, 0.6) is 0 Å². The number of hydrogen-bond acceptors (Lipinski definition) is 3. The first-order chi connectivity index (χ1) is 14.1. The van der Waals surface area contributed by atoms with Crippen LogP contribution in [0.2, 0.25) is 0 Å². The molecule has 0 radical (unpaired) electrons. The second-order valence-corrected chi connectivity index (χ2v) is 6.97. The molecular weight excluding hydrogens is 364 g/mol. The number of aryl methyl sites for hydroxylation is 1. The van der Waals surface area contributed by atoms with Crippen molar-refractivity contribution in [2.24, 2.45) is 7.05 Å². The van der Waals surface area contributed by atoms with E-state index in [1.165, 1.54) is 6.92 Å². The van der Waals surface area contributed by atoms with Gasteiger partial charge >= 0.3 is 0 Å². The fraction of sp³-hybridized carbons (Fsp3) is 0.174. The molecule has 0 saturated carbocycles. The maximum absolute atomic E-state index is 13.3. The Hall–Kier alpha value is -3.67. The third-order valence-electron chi connectivity index (χ3n) is 5.00. The summed E-state index contributed by atoms with van der Waals surface area (Å²) >= 11 is 0. The van der Waals surface area contributed by atoms with Crippen molar-refractivity contribution in [3.05, 3.63) is 77.3 Å². The molecular formula is C23H22N4O2. The summed E-state index contributed by atoms with van der Waals surface area (Å²) in [5, 5.41) is 3.79. The van der Waals surface area contributed by atoms with Crippen LogP contribution in [0, 0.1) is 0 Å². The number of hydrogen-bond donors (Lipinski definition) is 1. The normalized spacial score (nSPS) is 11.0. The molecule has 2 aromatic carbocycles. The fourth-order valence-electron chi connectivity index (χ4n) is 3.59. The Morgan fingerprint density at radius 1 is 1.07 bits per heavy atom. The quantitative estimate of drug-likeness (QED) is 0.573. The summed E-state index contributed by atoms with van der Waals surface area (Å²) < 4.78 is 3.61. The largest absolute Gasteiger partial charge is 0.355 e. The van der Waals surface area contributed by atoms with Crippen LogP contribution in [0.1, 0.15) is 6.92 Å². The molecule has 0 aliphatic carbocycles. The third kappa shape index (κ3) is 3.57. The Bertz CT molecular complexity index is 1240. The van der Waals surface area contributed by atoms with Crippen LogP contribution >= 0.6 is 0 Å². The van der Waals surface area contributed by atoms with Crippen molar-refractivity contribution < 1.29 is 4.79 Å². The van der Waals surface area contributed by atoms with Crippen molar-refractivity contribution in [2.75, 3.05) is 6.54 Å². The molecule has 0 atom stereocenters. The first-order valence-electron chi connectivity index (χ1n) is 9.50. The molecule has 6 heteroatoms. The monoisotopic (exact) mass is 386 g/mol. The molecule has 0 aliphatic rings. The summed E-state index contributed by atoms with van der Waals surface area (Å²) in [5.74, 6) is -0.0865. The molecule has 2 aromatic heterocycles. The molecule has 2 heterocycles. The summed E-state index contributed by atoms with van der Waals surface area (Å²) in [6.45, 7) is 2.47. The Morgan fingerprint density at radius 3 is 2.55 bits per heavy atom. The highest BCUT2D eigenvalue weighted by molar-refractivity contribution is 5.87. The van der Waals surface area contributed by atoms with Gasteiger partial charge in [0, 0.05) is 32.6 Å². The summed E-state index contributed by atoms with van der Waals surface area (Å²) in [5.41, 5.74) is 3.84. The number of carbonyl (C=O) groups excluding carboxylic acids is 1. The molecule has 0 spiro atoms. The van der Waals surface area contributed by atoms with Crippen LogP contribution in [-0.4, -0.2) is 26.6 Å². The van der Waals surface area contributed by atoms with Gasteiger partial charge in [-0.25, -0.2) is 4.98 Å². The number of pyridine rings is 1. The van der Waals surface area contributed by atoms with E-state index in [9.17, 15) is 9.59 Å². The number of nitrogens with zero attached hydrogens (tertiary/aromatic N) is 3. The van der Waals surface area contributed by atoms with Gasteiger partial charge in [-0.3, -0.25) is 9.59 Å². The average molecular weight is 386 g/mol. The van der Waals surface area contributed by atoms with Crippen LogP contribution in [-0.2, 0) is 18.4 Å². The zero-order valence-electron chi connectivity index (χ0n) is 16.4. The van der Waals surface area contributed by atoms with Crippen molar-refractivity contribution >= 4 is 16.8 Å². The van der Waals surface area contributed by atoms with Crippen LogP contribution in [0.4, 0.5) is 0 Å². The van der Waals surface area contributed by atoms with Gasteiger partial charge < -0.3 is 14.5 Å². The minimum absolute atomic E-state index is 0.0813. The number of fused-ring (bicyclic) bond motifs is 1. The molecule has 4 aromatic rings. The molecule has 4 rings (SSSR count). The number of imidazole rings is 1. The van der Waals surface area contributed by atoms with Gasteiger partial charge in [-0.05, 0) is 17.5 Å². The van der Waals surface area contributed by atoms with Gasteiger partial charge in [0.05, 0.1) is 28.8 Å². The smallest absolute Gasteiger partial charge is 0.260 e. The highest BCUT2D eigenvalue weighted by Gasteiger charge is 2.19. The van der Waals surface area contributed by atoms with Gasteiger partial charge in [-0.15, -0.1) is 0 Å². The number of amides is 1. The number of para-hydroxylation sites is 1. The highest BCUT2D eigenvalue weighted by atomic mass is 16.1. The van der Waals surface area contributed by atoms with Gasteiger partial charge in [-0.2, -0.15) is 0 Å². The molecule has 0 saturated heterocycles. The van der Waals surface area contributed by atoms with Crippen LogP contribution < -0.4 is 10.9 Å². The summed E-state index contributed by atoms with van der Waals surface area (Å²) in [7, 11) is 1.79. The number of benzene rings is 2. The number of nitrogens with one attached hydrogen (secondary N) is 1. The molecule has 0 aliphatic heterocycles. The molecule has 6 nitrogen and oxygen atoms in total. The lowest BCUT2D eigenvalue weighted by molar-refractivity contribution is -0.118. The van der Waals surface area contributed by atoms with Gasteiger partial charge in [0.2, 0.25) is 5.91 Å². The number of rotatable bonds is 5. The maximum Gasteiger partial charge on any atom is 0.260 e. The number of carbonyl (C=O) groups is 1. The average Bonchev–Trinajstić information content (AvgIpc) is 3.15. The minimum atomic E-state index is -0.0865. The van der Waals surface area contributed by atoms with E-state index in [0.717, 1.165) is 27.9 Å². The lowest BCUT2D eigenvalue weighted by Crippen LogP contribution is -2.25. The Morgan fingerprint density at radius 2 is 1.79 bits per heavy atom. The SMILES string of the molecule is CC(=O)NCCn1cnc(-c2ccccc2)c1-c1cc2ccccc2n(C)c1=O. The first kappa shape index (κ1) is 18.7. The maximum atomic E-state index is 13.3. The van der Waals surface area contributed by atoms with Gasteiger partial charge in [0.25, 0.3) is 5.56 Å². The van der Waals surface area contributed by atoms with Crippen LogP contribution in [0.15, 0.2) is 71.8 Å². The molecule has 1 amide bonds. The van der Waals surface area contributed by atoms with Gasteiger partial charge in [0.15, 0.2) is 0 Å². The van der Waals surface area contributed by atoms with Crippen molar-refractivity contribution in [1.82, 2.24) is 19.4 Å². The predicted octanol–water partition coefficient (Wildman–Crippen LogP) is 3.21. The van der Waals surface area contributed by atoms with Crippen molar-refractivity contribution in [3.8, 4) is 22.5 Å². The Kier molecular flexibility index (Phi) is 4.99. The van der Waals surface area contributed by atoms with Gasteiger partial charge in [0.1, 0.15) is 0 Å². The number of aromatic nitrogens is 3. The van der Waals surface area contributed by atoms with E-state index in [2.05, 4.69) is 10.3 Å². The first-order valence-corrected chi connectivity index (χ1v) is 9.50. The summed E-state index contributed by atoms with van der Waals surface area (Å²) in [4.78, 5) is 29.1. The fourth-order valence-corrected chi connectivity index (χ4v) is 3.59. The summed E-state index contributed by atoms with van der Waals surface area (Å²) in [6, 6.07) is 19.6. The van der Waals surface area contributed by atoms with E-state index < -0.39 is 0 Å². The minimum Gasteiger partial charge on any atom is -0.355 e. The van der Waals surface area contributed by atoms with E-state index in [-0.39, 0.29) is 11.5 Å². The van der Waals surface area contributed by atoms with E-state index in [4.69, 9.17) is 0 Å². The molecule has 0 fully saturated rings. The van der Waals surface area contributed by atoms with E-state index in [1.807, 2.05) is 65.2 Å². The summed E-state index contributed by atoms with van der Waals surface area (Å²) in [6.07, 6.45) is 1.73. The second kappa shape index (κ2) is 7.75. The topological polar surface area (TPSA) is 68.9 Å². The second-order valence-electron chi connectivity index (χ2n) is 6.97. The van der Waals surface area contributed by atoms with Crippen molar-refractivity contribution in [3.63, 3.8) is 0 Å². The van der Waals surface area contributed by atoms with E-state index in [0.29, 0.717) is 18.7 Å². The van der Waals surface area contributed by atoms with Crippen molar-refractivity contribution in [1.29, 1.82) is 0 Å². The predicted molar refractivity (Wildman–Crippen MR) is 115 cm³/mol. The standard InChI is InChI=1S/C23H22N4O2/c1-16(28)24-12-13-27-15-25-21(17-8-4-3-5-9-17)22(27)19-14-18-10-6-7-11-20(18)26(2)23(19)29/h3-11,14-15H,12-13H2,1-2H3,(H,24,28). The van der Waals surface area contributed by atoms with Crippen molar-refractivity contribution in [2.45, 2.75) is 13.5 Å². The Labute approximate surface area is 168 Å². The molecule has 29 heavy (non-hydrogen) atoms. The van der Waals surface area contributed by atoms with E-state index >= 15 is 0 Å². The zero-order chi connectivity index (χ0) is 20.4. The zero-order valence-corrected chi connectivity index (χ0v) is 16.4. The third-order valence-corrected chi connectivity index (χ3v) is 5.00. The van der Waals surface area contributed by atoms with Crippen LogP contribution in [0.3, 0.4) is 0 Å². The van der Waals surface area contributed by atoms with Crippen LogP contribution in [0.25, 0.3) is 33.4 Å². The molecule has 1 N–H and O–H groups in total. The van der Waals surface area contributed by atoms with E-state index in [1.54, 1.807) is 17.9 Å². The molecule has 0 unspecified atom stereocenters. The lowest BCUT2D eigenvalue weighted by atomic mass is 10.0. The molecule has 146 valence electrons. The van der Waals surface area contributed by atoms with Gasteiger partial charge in [-0.1, -0.05) is 48.5 Å². The highest BCUT2D eigenvalue weighted by Crippen LogP contribution is 2.30. The molecule has 0 bridgehead atoms. The lowest BCUT2D eigenvalue weighted by Gasteiger charge is -2.13.